The fourth-order valence-electron chi connectivity index (χ4n) is 2.60. The van der Waals surface area contributed by atoms with Crippen molar-refractivity contribution in [3.63, 3.8) is 0 Å². The highest BCUT2D eigenvalue weighted by molar-refractivity contribution is 5.55. The minimum atomic E-state index is -0.448. The van der Waals surface area contributed by atoms with Crippen LogP contribution in [-0.2, 0) is 11.3 Å². The fraction of sp³-hybridized carbons (Fsp3) is 0.375. The molecule has 0 aromatic carbocycles. The number of morpholine rings is 1. The van der Waals surface area contributed by atoms with Crippen LogP contribution in [0.2, 0.25) is 0 Å². The summed E-state index contributed by atoms with van der Waals surface area (Å²) in [5.41, 5.74) is 0.893. The minimum Gasteiger partial charge on any atom is -0.375 e. The summed E-state index contributed by atoms with van der Waals surface area (Å²) >= 11 is 0. The molecule has 1 aliphatic heterocycles. The van der Waals surface area contributed by atoms with Crippen LogP contribution in [0, 0.1) is 10.1 Å². The molecule has 126 valence electrons. The predicted molar refractivity (Wildman–Crippen MR) is 90.1 cm³/mol. The van der Waals surface area contributed by atoms with Gasteiger partial charge in [0.1, 0.15) is 5.82 Å². The molecule has 1 aliphatic rings. The quantitative estimate of drug-likeness (QED) is 0.664. The van der Waals surface area contributed by atoms with Crippen molar-refractivity contribution in [3.8, 4) is 0 Å². The number of rotatable bonds is 5. The summed E-state index contributed by atoms with van der Waals surface area (Å²) in [6, 6.07) is 6.89. The number of nitro groups is 1. The van der Waals surface area contributed by atoms with Crippen LogP contribution in [0.1, 0.15) is 12.5 Å². The normalized spacial score (nSPS) is 17.5. The Kier molecular flexibility index (Phi) is 4.85. The molecule has 0 amide bonds. The highest BCUT2D eigenvalue weighted by atomic mass is 16.6. The van der Waals surface area contributed by atoms with Crippen LogP contribution in [0.4, 0.5) is 17.3 Å². The second kappa shape index (κ2) is 7.22. The van der Waals surface area contributed by atoms with E-state index in [9.17, 15) is 10.1 Å². The zero-order chi connectivity index (χ0) is 16.9. The summed E-state index contributed by atoms with van der Waals surface area (Å²) in [6.45, 7) is 4.82. The monoisotopic (exact) mass is 329 g/mol. The van der Waals surface area contributed by atoms with Crippen molar-refractivity contribution < 1.29 is 9.66 Å². The summed E-state index contributed by atoms with van der Waals surface area (Å²) in [6.07, 6.45) is 3.50. The molecule has 8 nitrogen and oxygen atoms in total. The highest BCUT2D eigenvalue weighted by Crippen LogP contribution is 2.21. The fourth-order valence-corrected chi connectivity index (χ4v) is 2.60. The number of anilines is 2. The van der Waals surface area contributed by atoms with Gasteiger partial charge in [-0.1, -0.05) is 6.07 Å². The Hall–Kier alpha value is -2.74. The van der Waals surface area contributed by atoms with Gasteiger partial charge < -0.3 is 15.0 Å². The zero-order valence-corrected chi connectivity index (χ0v) is 13.4. The van der Waals surface area contributed by atoms with Gasteiger partial charge in [0.15, 0.2) is 0 Å². The molecule has 1 unspecified atom stereocenters. The van der Waals surface area contributed by atoms with Crippen LogP contribution in [0.25, 0.3) is 0 Å². The Morgan fingerprint density at radius 3 is 3.00 bits per heavy atom. The van der Waals surface area contributed by atoms with E-state index in [1.165, 1.54) is 12.3 Å². The Morgan fingerprint density at radius 2 is 2.29 bits per heavy atom. The van der Waals surface area contributed by atoms with Crippen molar-refractivity contribution in [1.29, 1.82) is 0 Å². The number of hydrogen-bond acceptors (Lipinski definition) is 7. The molecule has 0 aliphatic carbocycles. The average Bonchev–Trinajstić information content (AvgIpc) is 2.60. The van der Waals surface area contributed by atoms with Crippen LogP contribution in [0.3, 0.4) is 0 Å². The molecule has 1 saturated heterocycles. The smallest absolute Gasteiger partial charge is 0.311 e. The van der Waals surface area contributed by atoms with Gasteiger partial charge in [-0.25, -0.2) is 9.97 Å². The summed E-state index contributed by atoms with van der Waals surface area (Å²) in [4.78, 5) is 21.2. The van der Waals surface area contributed by atoms with Crippen molar-refractivity contribution in [3.05, 3.63) is 52.3 Å². The highest BCUT2D eigenvalue weighted by Gasteiger charge is 2.18. The summed E-state index contributed by atoms with van der Waals surface area (Å²) in [7, 11) is 0. The molecular formula is C16H19N5O3. The number of aromatic nitrogens is 2. The van der Waals surface area contributed by atoms with Crippen molar-refractivity contribution in [1.82, 2.24) is 9.97 Å². The van der Waals surface area contributed by atoms with Gasteiger partial charge in [0.2, 0.25) is 5.82 Å². The van der Waals surface area contributed by atoms with E-state index in [4.69, 9.17) is 4.74 Å². The van der Waals surface area contributed by atoms with Gasteiger partial charge in [-0.3, -0.25) is 10.1 Å². The topological polar surface area (TPSA) is 93.4 Å². The first-order valence-corrected chi connectivity index (χ1v) is 7.78. The third kappa shape index (κ3) is 3.77. The Balaban J connectivity index is 1.64. The maximum Gasteiger partial charge on any atom is 0.311 e. The van der Waals surface area contributed by atoms with Crippen LogP contribution in [0.5, 0.6) is 0 Å². The molecule has 0 saturated carbocycles. The molecule has 1 N–H and O–H groups in total. The van der Waals surface area contributed by atoms with Gasteiger partial charge in [-0.15, -0.1) is 0 Å². The number of ether oxygens (including phenoxy) is 1. The Morgan fingerprint density at radius 1 is 1.42 bits per heavy atom. The molecular weight excluding hydrogens is 310 g/mol. The number of pyridine rings is 2. The minimum absolute atomic E-state index is 0.0376. The van der Waals surface area contributed by atoms with E-state index in [0.29, 0.717) is 13.2 Å². The lowest BCUT2D eigenvalue weighted by Gasteiger charge is -2.32. The van der Waals surface area contributed by atoms with Crippen molar-refractivity contribution in [2.24, 2.45) is 0 Å². The molecule has 2 aromatic heterocycles. The van der Waals surface area contributed by atoms with Crippen LogP contribution in [0.15, 0.2) is 36.7 Å². The Bertz CT molecular complexity index is 707. The van der Waals surface area contributed by atoms with E-state index >= 15 is 0 Å². The molecule has 1 atom stereocenters. The average molecular weight is 329 g/mol. The molecule has 0 bridgehead atoms. The lowest BCUT2D eigenvalue weighted by Crippen LogP contribution is -2.41. The van der Waals surface area contributed by atoms with Crippen LogP contribution in [-0.4, -0.2) is 40.7 Å². The van der Waals surface area contributed by atoms with Crippen molar-refractivity contribution in [2.45, 2.75) is 19.6 Å². The van der Waals surface area contributed by atoms with Crippen LogP contribution >= 0.6 is 0 Å². The van der Waals surface area contributed by atoms with Gasteiger partial charge in [0, 0.05) is 38.1 Å². The van der Waals surface area contributed by atoms with E-state index in [1.54, 1.807) is 12.3 Å². The molecule has 3 rings (SSSR count). The van der Waals surface area contributed by atoms with Crippen molar-refractivity contribution >= 4 is 17.3 Å². The third-order valence-electron chi connectivity index (χ3n) is 3.82. The maximum absolute atomic E-state index is 11.0. The maximum atomic E-state index is 11.0. The van der Waals surface area contributed by atoms with Crippen molar-refractivity contribution in [2.75, 3.05) is 29.9 Å². The zero-order valence-electron chi connectivity index (χ0n) is 13.4. The molecule has 0 radical (unpaired) electrons. The van der Waals surface area contributed by atoms with Gasteiger partial charge in [0.05, 0.1) is 17.6 Å². The van der Waals surface area contributed by atoms with E-state index < -0.39 is 4.92 Å². The summed E-state index contributed by atoms with van der Waals surface area (Å²) < 4.78 is 5.53. The second-order valence-corrected chi connectivity index (χ2v) is 5.63. The first-order chi connectivity index (χ1) is 11.6. The largest absolute Gasteiger partial charge is 0.375 e. The second-order valence-electron chi connectivity index (χ2n) is 5.63. The summed E-state index contributed by atoms with van der Waals surface area (Å²) in [5.74, 6) is 1.17. The van der Waals surface area contributed by atoms with Gasteiger partial charge >= 0.3 is 5.69 Å². The lowest BCUT2D eigenvalue weighted by atomic mass is 10.2. The van der Waals surface area contributed by atoms with E-state index in [-0.39, 0.29) is 17.6 Å². The number of hydrogen-bond donors (Lipinski definition) is 1. The molecule has 3 heterocycles. The van der Waals surface area contributed by atoms with E-state index in [0.717, 1.165) is 24.5 Å². The Labute approximate surface area is 139 Å². The third-order valence-corrected chi connectivity index (χ3v) is 3.82. The number of nitrogens with one attached hydrogen (secondary N) is 1. The summed E-state index contributed by atoms with van der Waals surface area (Å²) in [5, 5.41) is 14.0. The molecule has 0 spiro atoms. The lowest BCUT2D eigenvalue weighted by molar-refractivity contribution is -0.384. The van der Waals surface area contributed by atoms with Gasteiger partial charge in [-0.05, 0) is 24.6 Å². The molecule has 24 heavy (non-hydrogen) atoms. The van der Waals surface area contributed by atoms with E-state index in [2.05, 4.69) is 20.2 Å². The number of nitrogens with zero attached hydrogens (tertiary/aromatic N) is 4. The van der Waals surface area contributed by atoms with Gasteiger partial charge in [-0.2, -0.15) is 0 Å². The standard InChI is InChI=1S/C16H19N5O3/c1-12-11-20(7-8-24-12)15-5-4-13(9-18-15)10-19-16-14(21(22)23)3-2-6-17-16/h2-6,9,12H,7-8,10-11H2,1H3,(H,17,19). The van der Waals surface area contributed by atoms with Gasteiger partial charge in [0.25, 0.3) is 0 Å². The first kappa shape index (κ1) is 16.1. The van der Waals surface area contributed by atoms with E-state index in [1.807, 2.05) is 19.1 Å². The van der Waals surface area contributed by atoms with Crippen LogP contribution < -0.4 is 10.2 Å². The SMILES string of the molecule is CC1CN(c2ccc(CNc3ncccc3[N+](=O)[O-])cn2)CCO1. The molecule has 8 heteroatoms. The predicted octanol–water partition coefficient (Wildman–Crippen LogP) is 2.22. The molecule has 2 aromatic rings. The molecule has 1 fully saturated rings. The first-order valence-electron chi connectivity index (χ1n) is 7.78.